The van der Waals surface area contributed by atoms with Gasteiger partial charge in [0.25, 0.3) is 5.91 Å². The van der Waals surface area contributed by atoms with Crippen molar-refractivity contribution >= 4 is 11.8 Å². The fourth-order valence-electron chi connectivity index (χ4n) is 3.16. The molecule has 1 N–H and O–H groups in total. The van der Waals surface area contributed by atoms with Crippen LogP contribution in [0.4, 0.5) is 0 Å². The lowest BCUT2D eigenvalue weighted by atomic mass is 10.1. The lowest BCUT2D eigenvalue weighted by Gasteiger charge is -2.29. The molecule has 0 unspecified atom stereocenters. The fraction of sp³-hybridized carbons (Fsp3) is 0.440. The normalized spacial score (nSPS) is 12.7. The molecule has 2 rings (SSSR count). The third-order valence-corrected chi connectivity index (χ3v) is 5.51. The number of rotatable bonds is 9. The summed E-state index contributed by atoms with van der Waals surface area (Å²) in [5, 5.41) is 2.98. The molecule has 0 aromatic heterocycles. The largest absolute Gasteiger partial charge is 0.483 e. The first-order chi connectivity index (χ1) is 14.2. The van der Waals surface area contributed by atoms with Crippen molar-refractivity contribution in [1.29, 1.82) is 0 Å². The van der Waals surface area contributed by atoms with Crippen LogP contribution in [0.1, 0.15) is 49.4 Å². The maximum absolute atomic E-state index is 13.1. The number of benzene rings is 2. The van der Waals surface area contributed by atoms with Crippen molar-refractivity contribution in [3.05, 3.63) is 64.7 Å². The van der Waals surface area contributed by atoms with Crippen LogP contribution in [0, 0.1) is 20.8 Å². The highest BCUT2D eigenvalue weighted by Gasteiger charge is 2.27. The van der Waals surface area contributed by atoms with E-state index in [2.05, 4.69) is 5.32 Å². The van der Waals surface area contributed by atoms with E-state index in [1.54, 1.807) is 11.8 Å². The first kappa shape index (κ1) is 23.5. The van der Waals surface area contributed by atoms with Gasteiger partial charge in [-0.2, -0.15) is 0 Å². The van der Waals surface area contributed by atoms with Crippen LogP contribution >= 0.6 is 0 Å². The molecule has 0 saturated carbocycles. The minimum absolute atomic E-state index is 0.0575. The van der Waals surface area contributed by atoms with Crippen LogP contribution in [0.15, 0.2) is 42.5 Å². The van der Waals surface area contributed by atoms with Crippen molar-refractivity contribution in [3.8, 4) is 5.75 Å². The molecule has 30 heavy (non-hydrogen) atoms. The molecule has 0 fully saturated rings. The lowest BCUT2D eigenvalue weighted by Crippen LogP contribution is -2.50. The minimum atomic E-state index is -0.603. The van der Waals surface area contributed by atoms with Gasteiger partial charge in [-0.15, -0.1) is 0 Å². The molecule has 0 radical (unpaired) electrons. The van der Waals surface area contributed by atoms with Crippen molar-refractivity contribution in [3.63, 3.8) is 0 Å². The Bertz CT molecular complexity index is 878. The number of hydrogen-bond donors (Lipinski definition) is 1. The Balaban J connectivity index is 2.19. The van der Waals surface area contributed by atoms with E-state index in [9.17, 15) is 9.59 Å². The molecule has 162 valence electrons. The number of carbonyl (C=O) groups excluding carboxylic acids is 2. The fourth-order valence-corrected chi connectivity index (χ4v) is 3.16. The summed E-state index contributed by atoms with van der Waals surface area (Å²) < 4.78 is 5.83. The van der Waals surface area contributed by atoms with Gasteiger partial charge in [0, 0.05) is 12.6 Å². The molecule has 2 aromatic carbocycles. The Hall–Kier alpha value is -2.82. The van der Waals surface area contributed by atoms with Crippen LogP contribution in [-0.2, 0) is 16.1 Å². The molecule has 0 heterocycles. The summed E-state index contributed by atoms with van der Waals surface area (Å²) in [6.45, 7) is 12.0. The molecule has 5 heteroatoms. The van der Waals surface area contributed by atoms with E-state index in [-0.39, 0.29) is 24.5 Å². The second-order valence-corrected chi connectivity index (χ2v) is 7.99. The first-order valence-corrected chi connectivity index (χ1v) is 10.6. The zero-order valence-electron chi connectivity index (χ0n) is 19.0. The van der Waals surface area contributed by atoms with Gasteiger partial charge in [0.15, 0.2) is 6.61 Å². The van der Waals surface area contributed by atoms with Gasteiger partial charge in [-0.25, -0.2) is 0 Å². The van der Waals surface area contributed by atoms with Crippen LogP contribution in [-0.4, -0.2) is 35.4 Å². The average Bonchev–Trinajstić information content (AvgIpc) is 2.72. The van der Waals surface area contributed by atoms with Crippen LogP contribution < -0.4 is 10.1 Å². The van der Waals surface area contributed by atoms with Crippen molar-refractivity contribution in [2.24, 2.45) is 0 Å². The van der Waals surface area contributed by atoms with Gasteiger partial charge in [-0.05, 0) is 63.8 Å². The topological polar surface area (TPSA) is 58.6 Å². The molecule has 0 spiro atoms. The number of nitrogens with one attached hydrogen (secondary N) is 1. The number of aryl methyl sites for hydroxylation is 2. The second-order valence-electron chi connectivity index (χ2n) is 7.99. The Morgan fingerprint density at radius 1 is 1.07 bits per heavy atom. The van der Waals surface area contributed by atoms with E-state index >= 15 is 0 Å². The Labute approximate surface area is 180 Å². The van der Waals surface area contributed by atoms with Crippen molar-refractivity contribution < 1.29 is 14.3 Å². The van der Waals surface area contributed by atoms with Crippen LogP contribution in [0.2, 0.25) is 0 Å². The highest BCUT2D eigenvalue weighted by atomic mass is 16.5. The number of carbonyl (C=O) groups is 2. The van der Waals surface area contributed by atoms with Crippen LogP contribution in [0.5, 0.6) is 5.75 Å². The van der Waals surface area contributed by atoms with Crippen molar-refractivity contribution in [2.45, 2.75) is 66.6 Å². The maximum atomic E-state index is 13.1. The zero-order valence-corrected chi connectivity index (χ0v) is 19.0. The van der Waals surface area contributed by atoms with E-state index in [1.165, 1.54) is 0 Å². The third-order valence-electron chi connectivity index (χ3n) is 5.51. The summed E-state index contributed by atoms with van der Waals surface area (Å²) in [5.74, 6) is 0.317. The predicted octanol–water partition coefficient (Wildman–Crippen LogP) is 4.32. The average molecular weight is 411 g/mol. The molecule has 0 aliphatic heterocycles. The maximum Gasteiger partial charge on any atom is 0.261 e. The monoisotopic (exact) mass is 410 g/mol. The highest BCUT2D eigenvalue weighted by molar-refractivity contribution is 5.88. The van der Waals surface area contributed by atoms with E-state index in [4.69, 9.17) is 4.74 Å². The van der Waals surface area contributed by atoms with Gasteiger partial charge >= 0.3 is 0 Å². The molecule has 0 saturated heterocycles. The van der Waals surface area contributed by atoms with Gasteiger partial charge in [0.1, 0.15) is 11.8 Å². The van der Waals surface area contributed by atoms with Gasteiger partial charge < -0.3 is 15.0 Å². The Morgan fingerprint density at radius 2 is 1.77 bits per heavy atom. The minimum Gasteiger partial charge on any atom is -0.483 e. The molecule has 0 aliphatic rings. The van der Waals surface area contributed by atoms with E-state index in [0.717, 1.165) is 28.7 Å². The molecule has 0 bridgehead atoms. The molecular formula is C25H34N2O3. The predicted molar refractivity (Wildman–Crippen MR) is 120 cm³/mol. The van der Waals surface area contributed by atoms with Crippen LogP contribution in [0.3, 0.4) is 0 Å². The van der Waals surface area contributed by atoms with Gasteiger partial charge in [0.05, 0.1) is 0 Å². The highest BCUT2D eigenvalue weighted by Crippen LogP contribution is 2.21. The summed E-state index contributed by atoms with van der Waals surface area (Å²) in [6.07, 6.45) is 0.833. The van der Waals surface area contributed by atoms with Crippen molar-refractivity contribution in [2.75, 3.05) is 6.61 Å². The summed E-state index contributed by atoms with van der Waals surface area (Å²) in [5.41, 5.74) is 4.22. The quantitative estimate of drug-likeness (QED) is 0.670. The number of hydrogen-bond acceptors (Lipinski definition) is 3. The summed E-state index contributed by atoms with van der Waals surface area (Å²) in [4.78, 5) is 27.5. The first-order valence-electron chi connectivity index (χ1n) is 10.6. The number of ether oxygens (including phenoxy) is 1. The molecule has 5 nitrogen and oxygen atoms in total. The van der Waals surface area contributed by atoms with E-state index < -0.39 is 6.04 Å². The van der Waals surface area contributed by atoms with E-state index in [0.29, 0.717) is 12.3 Å². The van der Waals surface area contributed by atoms with Gasteiger partial charge in [-0.3, -0.25) is 9.59 Å². The smallest absolute Gasteiger partial charge is 0.261 e. The molecule has 2 amide bonds. The van der Waals surface area contributed by atoms with Gasteiger partial charge in [-0.1, -0.05) is 48.9 Å². The molecular weight excluding hydrogens is 376 g/mol. The number of amides is 2. The molecule has 0 aliphatic carbocycles. The Kier molecular flexibility index (Phi) is 8.46. The van der Waals surface area contributed by atoms with Crippen molar-refractivity contribution in [1.82, 2.24) is 10.2 Å². The SMILES string of the molecule is CC[C@@H](C)NC(=O)[C@@H](C)N(Cc1cccc(C)c1)C(=O)COc1cccc(C)c1C. The Morgan fingerprint density at radius 3 is 2.43 bits per heavy atom. The summed E-state index contributed by atoms with van der Waals surface area (Å²) in [7, 11) is 0. The molecule has 2 atom stereocenters. The zero-order chi connectivity index (χ0) is 22.3. The third kappa shape index (κ3) is 6.34. The molecule has 2 aromatic rings. The summed E-state index contributed by atoms with van der Waals surface area (Å²) in [6, 6.07) is 13.2. The standard InChI is InChI=1S/C25H34N2O3/c1-7-19(4)26-25(29)21(6)27(15-22-12-8-10-17(2)14-22)24(28)16-30-23-13-9-11-18(3)20(23)5/h8-14,19,21H,7,15-16H2,1-6H3,(H,26,29)/t19-,21-/m1/s1. The second kappa shape index (κ2) is 10.8. The van der Waals surface area contributed by atoms with Crippen LogP contribution in [0.25, 0.3) is 0 Å². The summed E-state index contributed by atoms with van der Waals surface area (Å²) >= 11 is 0. The van der Waals surface area contributed by atoms with E-state index in [1.807, 2.05) is 77.1 Å². The number of nitrogens with zero attached hydrogens (tertiary/aromatic N) is 1. The lowest BCUT2D eigenvalue weighted by molar-refractivity contribution is -0.142. The van der Waals surface area contributed by atoms with Gasteiger partial charge in [0.2, 0.25) is 5.91 Å².